The van der Waals surface area contributed by atoms with Crippen LogP contribution in [0.1, 0.15) is 43.0 Å². The Morgan fingerprint density at radius 3 is 3.05 bits per heavy atom. The fraction of sp³-hybridized carbons (Fsp3) is 0.600. The van der Waals surface area contributed by atoms with Crippen molar-refractivity contribution in [2.45, 2.75) is 38.6 Å². The third kappa shape index (κ3) is 4.56. The second-order valence-corrected chi connectivity index (χ2v) is 6.17. The first-order valence-corrected chi connectivity index (χ1v) is 8.10. The van der Waals surface area contributed by atoms with E-state index in [1.54, 1.807) is 18.3 Å². The van der Waals surface area contributed by atoms with Crippen LogP contribution in [0, 0.1) is 0 Å². The third-order valence-corrected chi connectivity index (χ3v) is 4.31. The van der Waals surface area contributed by atoms with E-state index in [-0.39, 0.29) is 5.91 Å². The molecule has 110 valence electrons. The Bertz CT molecular complexity index is 435. The fourth-order valence-electron chi connectivity index (χ4n) is 2.59. The number of aromatic nitrogens is 1. The van der Waals surface area contributed by atoms with E-state index in [1.165, 1.54) is 25.8 Å². The summed E-state index contributed by atoms with van der Waals surface area (Å²) in [5.74, 6) is -0.0447. The summed E-state index contributed by atoms with van der Waals surface area (Å²) in [6.07, 6.45) is 6.55. The summed E-state index contributed by atoms with van der Waals surface area (Å²) in [4.78, 5) is 18.5. The van der Waals surface area contributed by atoms with Gasteiger partial charge in [-0.2, -0.15) is 0 Å². The van der Waals surface area contributed by atoms with Gasteiger partial charge in [0.2, 0.25) is 0 Å². The van der Waals surface area contributed by atoms with Crippen LogP contribution in [-0.2, 0) is 0 Å². The van der Waals surface area contributed by atoms with Gasteiger partial charge in [-0.25, -0.2) is 4.98 Å². The molecular formula is C15H22BrN3O. The van der Waals surface area contributed by atoms with Gasteiger partial charge in [-0.1, -0.05) is 6.42 Å². The maximum atomic E-state index is 11.9. The summed E-state index contributed by atoms with van der Waals surface area (Å²) in [5, 5.41) is 2.95. The Morgan fingerprint density at radius 1 is 1.50 bits per heavy atom. The van der Waals surface area contributed by atoms with E-state index in [4.69, 9.17) is 0 Å². The van der Waals surface area contributed by atoms with E-state index in [1.807, 2.05) is 0 Å². The van der Waals surface area contributed by atoms with Crippen molar-refractivity contribution in [2.75, 3.05) is 19.6 Å². The Kier molecular flexibility index (Phi) is 5.98. The molecular weight excluding hydrogens is 318 g/mol. The molecule has 0 saturated carbocycles. The van der Waals surface area contributed by atoms with Gasteiger partial charge >= 0.3 is 0 Å². The van der Waals surface area contributed by atoms with E-state index in [0.717, 1.165) is 24.1 Å². The number of likely N-dealkylation sites (tertiary alicyclic amines) is 1. The van der Waals surface area contributed by atoms with Crippen LogP contribution < -0.4 is 5.32 Å². The Balaban J connectivity index is 1.67. The molecule has 1 aliphatic rings. The molecule has 1 atom stereocenters. The van der Waals surface area contributed by atoms with Crippen LogP contribution in [0.15, 0.2) is 22.9 Å². The number of carbonyl (C=O) groups excluding carboxylic acids is 1. The molecule has 0 radical (unpaired) electrons. The number of halogens is 1. The second kappa shape index (κ2) is 7.74. The van der Waals surface area contributed by atoms with Gasteiger partial charge in [-0.15, -0.1) is 0 Å². The molecule has 0 spiro atoms. The lowest BCUT2D eigenvalue weighted by Crippen LogP contribution is -2.39. The molecule has 1 fully saturated rings. The van der Waals surface area contributed by atoms with Gasteiger partial charge in [0.25, 0.3) is 5.91 Å². The average molecular weight is 340 g/mol. The molecule has 1 saturated heterocycles. The monoisotopic (exact) mass is 339 g/mol. The summed E-state index contributed by atoms with van der Waals surface area (Å²) in [6.45, 7) is 5.29. The largest absolute Gasteiger partial charge is 0.352 e. The van der Waals surface area contributed by atoms with Crippen LogP contribution >= 0.6 is 15.9 Å². The van der Waals surface area contributed by atoms with Crippen molar-refractivity contribution in [1.82, 2.24) is 15.2 Å². The number of carbonyl (C=O) groups is 1. The molecule has 0 bridgehead atoms. The number of nitrogens with one attached hydrogen (secondary N) is 1. The number of amides is 1. The molecule has 4 nitrogen and oxygen atoms in total. The quantitative estimate of drug-likeness (QED) is 0.662. The van der Waals surface area contributed by atoms with Crippen LogP contribution in [0.4, 0.5) is 0 Å². The van der Waals surface area contributed by atoms with Gasteiger partial charge in [-0.05, 0) is 60.8 Å². The van der Waals surface area contributed by atoms with Gasteiger partial charge in [0.1, 0.15) is 4.60 Å². The zero-order valence-corrected chi connectivity index (χ0v) is 13.5. The molecule has 1 aliphatic heterocycles. The van der Waals surface area contributed by atoms with Crippen LogP contribution in [-0.4, -0.2) is 41.5 Å². The molecule has 2 heterocycles. The van der Waals surface area contributed by atoms with E-state index in [0.29, 0.717) is 11.6 Å². The van der Waals surface area contributed by atoms with E-state index in [9.17, 15) is 4.79 Å². The smallest absolute Gasteiger partial charge is 0.252 e. The highest BCUT2D eigenvalue weighted by atomic mass is 79.9. The highest BCUT2D eigenvalue weighted by Crippen LogP contribution is 2.16. The lowest BCUT2D eigenvalue weighted by atomic mass is 10.0. The standard InChI is InChI=1S/C15H22BrN3O/c1-12-5-2-3-9-19(12)10-4-8-17-15(20)13-6-7-14(16)18-11-13/h6-7,11-12H,2-5,8-10H2,1H3,(H,17,20). The number of piperidine rings is 1. The maximum absolute atomic E-state index is 11.9. The molecule has 20 heavy (non-hydrogen) atoms. The molecule has 0 aliphatic carbocycles. The summed E-state index contributed by atoms with van der Waals surface area (Å²) >= 11 is 3.26. The van der Waals surface area contributed by atoms with Gasteiger partial charge in [0.05, 0.1) is 5.56 Å². The number of rotatable bonds is 5. The number of hydrogen-bond acceptors (Lipinski definition) is 3. The van der Waals surface area contributed by atoms with Gasteiger partial charge in [0.15, 0.2) is 0 Å². The Hall–Kier alpha value is -0.940. The van der Waals surface area contributed by atoms with Gasteiger partial charge in [-0.3, -0.25) is 4.79 Å². The lowest BCUT2D eigenvalue weighted by molar-refractivity contribution is 0.0948. The predicted molar refractivity (Wildman–Crippen MR) is 83.8 cm³/mol. The van der Waals surface area contributed by atoms with Gasteiger partial charge in [0, 0.05) is 25.3 Å². The normalized spacial score (nSPS) is 19.8. The first-order valence-electron chi connectivity index (χ1n) is 7.30. The van der Waals surface area contributed by atoms with Crippen molar-refractivity contribution in [1.29, 1.82) is 0 Å². The fourth-order valence-corrected chi connectivity index (χ4v) is 2.82. The van der Waals surface area contributed by atoms with Crippen LogP contribution in [0.5, 0.6) is 0 Å². The molecule has 2 rings (SSSR count). The minimum Gasteiger partial charge on any atom is -0.352 e. The lowest BCUT2D eigenvalue weighted by Gasteiger charge is -2.33. The zero-order chi connectivity index (χ0) is 14.4. The Labute approximate surface area is 129 Å². The molecule has 1 aromatic heterocycles. The first kappa shape index (κ1) is 15.4. The summed E-state index contributed by atoms with van der Waals surface area (Å²) < 4.78 is 0.744. The van der Waals surface area contributed by atoms with Crippen LogP contribution in [0.2, 0.25) is 0 Å². The second-order valence-electron chi connectivity index (χ2n) is 5.36. The minimum atomic E-state index is -0.0447. The molecule has 0 aromatic carbocycles. The highest BCUT2D eigenvalue weighted by molar-refractivity contribution is 9.10. The van der Waals surface area contributed by atoms with Crippen LogP contribution in [0.3, 0.4) is 0 Å². The maximum Gasteiger partial charge on any atom is 0.252 e. The van der Waals surface area contributed by atoms with Crippen molar-refractivity contribution in [2.24, 2.45) is 0 Å². The number of nitrogens with zero attached hydrogens (tertiary/aromatic N) is 2. The van der Waals surface area contributed by atoms with Crippen molar-refractivity contribution in [3.05, 3.63) is 28.5 Å². The average Bonchev–Trinajstić information content (AvgIpc) is 2.46. The van der Waals surface area contributed by atoms with Crippen molar-refractivity contribution >= 4 is 21.8 Å². The highest BCUT2D eigenvalue weighted by Gasteiger charge is 2.17. The number of pyridine rings is 1. The Morgan fingerprint density at radius 2 is 2.35 bits per heavy atom. The first-order chi connectivity index (χ1) is 9.66. The van der Waals surface area contributed by atoms with Gasteiger partial charge < -0.3 is 10.2 Å². The molecule has 1 unspecified atom stereocenters. The summed E-state index contributed by atoms with van der Waals surface area (Å²) in [5.41, 5.74) is 0.611. The molecule has 1 N–H and O–H groups in total. The summed E-state index contributed by atoms with van der Waals surface area (Å²) in [6, 6.07) is 4.25. The van der Waals surface area contributed by atoms with Crippen molar-refractivity contribution < 1.29 is 4.79 Å². The predicted octanol–water partition coefficient (Wildman–Crippen LogP) is 2.84. The summed E-state index contributed by atoms with van der Waals surface area (Å²) in [7, 11) is 0. The number of hydrogen-bond donors (Lipinski definition) is 1. The van der Waals surface area contributed by atoms with E-state index in [2.05, 4.69) is 38.1 Å². The third-order valence-electron chi connectivity index (χ3n) is 3.84. The topological polar surface area (TPSA) is 45.2 Å². The van der Waals surface area contributed by atoms with E-state index >= 15 is 0 Å². The molecule has 1 amide bonds. The van der Waals surface area contributed by atoms with E-state index < -0.39 is 0 Å². The minimum absolute atomic E-state index is 0.0447. The SMILES string of the molecule is CC1CCCCN1CCCNC(=O)c1ccc(Br)nc1. The molecule has 5 heteroatoms. The van der Waals surface area contributed by atoms with Crippen molar-refractivity contribution in [3.8, 4) is 0 Å². The van der Waals surface area contributed by atoms with Crippen molar-refractivity contribution in [3.63, 3.8) is 0 Å². The molecule has 1 aromatic rings. The zero-order valence-electron chi connectivity index (χ0n) is 11.9. The van der Waals surface area contributed by atoms with Crippen LogP contribution in [0.25, 0.3) is 0 Å².